The van der Waals surface area contributed by atoms with Crippen molar-refractivity contribution in [2.24, 2.45) is 0 Å². The number of ether oxygens (including phenoxy) is 2. The second-order valence-electron chi connectivity index (χ2n) is 6.78. The van der Waals surface area contributed by atoms with Gasteiger partial charge in [0.2, 0.25) is 6.79 Å². The fraction of sp³-hybridized carbons (Fsp3) is 0.611. The molecule has 1 atom stereocenters. The summed E-state index contributed by atoms with van der Waals surface area (Å²) < 4.78 is 10.7. The predicted octanol–water partition coefficient (Wildman–Crippen LogP) is 2.85. The van der Waals surface area contributed by atoms with E-state index in [1.807, 2.05) is 34.9 Å². The molecule has 3 aliphatic rings. The monoisotopic (exact) mass is 363 g/mol. The summed E-state index contributed by atoms with van der Waals surface area (Å²) in [7, 11) is 0. The summed E-state index contributed by atoms with van der Waals surface area (Å²) in [6.07, 6.45) is 3.61. The third-order valence-electron chi connectivity index (χ3n) is 4.99. The van der Waals surface area contributed by atoms with Gasteiger partial charge >= 0.3 is 6.03 Å². The molecule has 2 saturated heterocycles. The second kappa shape index (κ2) is 7.74. The first-order chi connectivity index (χ1) is 12.3. The van der Waals surface area contributed by atoms with E-state index in [0.717, 1.165) is 42.5 Å². The fourth-order valence-corrected chi connectivity index (χ4v) is 4.74. The SMILES string of the molecule is O=C(Nc1ccc2c(c1)OCO2)N1CCCSCC1CN1CCCC1. The summed E-state index contributed by atoms with van der Waals surface area (Å²) in [4.78, 5) is 17.4. The van der Waals surface area contributed by atoms with Crippen LogP contribution in [0.3, 0.4) is 0 Å². The van der Waals surface area contributed by atoms with Crippen LogP contribution in [-0.4, -0.2) is 66.4 Å². The number of anilines is 1. The molecule has 0 bridgehead atoms. The van der Waals surface area contributed by atoms with Crippen LogP contribution in [0.1, 0.15) is 19.3 Å². The molecule has 1 aromatic carbocycles. The molecular weight excluding hydrogens is 338 g/mol. The maximum absolute atomic E-state index is 12.9. The molecule has 1 aromatic rings. The first kappa shape index (κ1) is 16.8. The predicted molar refractivity (Wildman–Crippen MR) is 99.7 cm³/mol. The van der Waals surface area contributed by atoms with Gasteiger partial charge in [-0.1, -0.05) is 0 Å². The van der Waals surface area contributed by atoms with Crippen LogP contribution >= 0.6 is 11.8 Å². The molecule has 4 rings (SSSR count). The van der Waals surface area contributed by atoms with E-state index in [9.17, 15) is 4.79 Å². The molecule has 0 aromatic heterocycles. The van der Waals surface area contributed by atoms with E-state index in [4.69, 9.17) is 9.47 Å². The van der Waals surface area contributed by atoms with Crippen molar-refractivity contribution in [3.05, 3.63) is 18.2 Å². The topological polar surface area (TPSA) is 54.0 Å². The third-order valence-corrected chi connectivity index (χ3v) is 6.19. The summed E-state index contributed by atoms with van der Waals surface area (Å²) in [5, 5.41) is 3.05. The van der Waals surface area contributed by atoms with E-state index in [0.29, 0.717) is 5.75 Å². The smallest absolute Gasteiger partial charge is 0.322 e. The molecule has 1 N–H and O–H groups in total. The van der Waals surface area contributed by atoms with Gasteiger partial charge < -0.3 is 24.6 Å². The molecule has 0 aliphatic carbocycles. The lowest BCUT2D eigenvalue weighted by Gasteiger charge is -2.32. The third kappa shape index (κ3) is 3.98. The van der Waals surface area contributed by atoms with Crippen LogP contribution in [0.15, 0.2) is 18.2 Å². The molecule has 0 radical (unpaired) electrons. The number of carbonyl (C=O) groups is 1. The number of carbonyl (C=O) groups excluding carboxylic acids is 1. The Labute approximate surface area is 152 Å². The Balaban J connectivity index is 1.43. The Morgan fingerprint density at radius 2 is 2.00 bits per heavy atom. The number of rotatable bonds is 3. The van der Waals surface area contributed by atoms with Crippen LogP contribution < -0.4 is 14.8 Å². The number of hydrogen-bond donors (Lipinski definition) is 1. The number of likely N-dealkylation sites (tertiary alicyclic amines) is 1. The van der Waals surface area contributed by atoms with Crippen molar-refractivity contribution in [2.75, 3.05) is 49.8 Å². The van der Waals surface area contributed by atoms with Gasteiger partial charge in [0.15, 0.2) is 11.5 Å². The van der Waals surface area contributed by atoms with Crippen LogP contribution in [0.25, 0.3) is 0 Å². The van der Waals surface area contributed by atoms with Gasteiger partial charge in [0.25, 0.3) is 0 Å². The van der Waals surface area contributed by atoms with Gasteiger partial charge in [0.1, 0.15) is 0 Å². The molecule has 25 heavy (non-hydrogen) atoms. The Morgan fingerprint density at radius 3 is 2.88 bits per heavy atom. The van der Waals surface area contributed by atoms with Crippen molar-refractivity contribution in [2.45, 2.75) is 25.3 Å². The van der Waals surface area contributed by atoms with E-state index in [1.165, 1.54) is 25.9 Å². The molecule has 0 spiro atoms. The number of fused-ring (bicyclic) bond motifs is 1. The Hall–Kier alpha value is -1.60. The van der Waals surface area contributed by atoms with Crippen LogP contribution in [0.4, 0.5) is 10.5 Å². The molecule has 1 unspecified atom stereocenters. The summed E-state index contributed by atoms with van der Waals surface area (Å²) >= 11 is 1.97. The van der Waals surface area contributed by atoms with E-state index in [2.05, 4.69) is 10.2 Å². The lowest BCUT2D eigenvalue weighted by atomic mass is 10.2. The number of nitrogens with one attached hydrogen (secondary N) is 1. The maximum Gasteiger partial charge on any atom is 0.322 e. The number of amides is 2. The van der Waals surface area contributed by atoms with Crippen molar-refractivity contribution in [1.82, 2.24) is 9.80 Å². The van der Waals surface area contributed by atoms with Crippen molar-refractivity contribution in [3.63, 3.8) is 0 Å². The van der Waals surface area contributed by atoms with E-state index in [1.54, 1.807) is 0 Å². The average molecular weight is 363 g/mol. The first-order valence-electron chi connectivity index (χ1n) is 9.07. The highest BCUT2D eigenvalue weighted by atomic mass is 32.2. The van der Waals surface area contributed by atoms with Gasteiger partial charge in [-0.05, 0) is 50.2 Å². The van der Waals surface area contributed by atoms with Crippen LogP contribution in [-0.2, 0) is 0 Å². The largest absolute Gasteiger partial charge is 0.454 e. The molecule has 6 nitrogen and oxygen atoms in total. The molecule has 2 amide bonds. The van der Waals surface area contributed by atoms with Gasteiger partial charge in [-0.25, -0.2) is 4.79 Å². The van der Waals surface area contributed by atoms with E-state index < -0.39 is 0 Å². The number of nitrogens with zero attached hydrogens (tertiary/aromatic N) is 2. The summed E-state index contributed by atoms with van der Waals surface area (Å²) in [5.41, 5.74) is 0.756. The Bertz CT molecular complexity index is 622. The Kier molecular flexibility index (Phi) is 5.22. The molecule has 2 fully saturated rings. The van der Waals surface area contributed by atoms with Crippen LogP contribution in [0.2, 0.25) is 0 Å². The number of urea groups is 1. The second-order valence-corrected chi connectivity index (χ2v) is 7.93. The Morgan fingerprint density at radius 1 is 1.16 bits per heavy atom. The average Bonchev–Trinajstić information content (AvgIpc) is 3.23. The minimum absolute atomic E-state index is 0.00874. The summed E-state index contributed by atoms with van der Waals surface area (Å²) in [6, 6.07) is 5.82. The van der Waals surface area contributed by atoms with Crippen molar-refractivity contribution in [3.8, 4) is 11.5 Å². The molecule has 3 aliphatic heterocycles. The number of thioether (sulfide) groups is 1. The highest BCUT2D eigenvalue weighted by Gasteiger charge is 2.28. The van der Waals surface area contributed by atoms with Crippen LogP contribution in [0.5, 0.6) is 11.5 Å². The number of hydrogen-bond acceptors (Lipinski definition) is 5. The first-order valence-corrected chi connectivity index (χ1v) is 10.2. The van der Waals surface area contributed by atoms with E-state index in [-0.39, 0.29) is 18.9 Å². The molecule has 7 heteroatoms. The van der Waals surface area contributed by atoms with Gasteiger partial charge in [-0.3, -0.25) is 0 Å². The quantitative estimate of drug-likeness (QED) is 0.895. The van der Waals surface area contributed by atoms with Crippen LogP contribution in [0, 0.1) is 0 Å². The lowest BCUT2D eigenvalue weighted by molar-refractivity contribution is 0.173. The summed E-state index contributed by atoms with van der Waals surface area (Å²) in [6.45, 7) is 4.38. The van der Waals surface area contributed by atoms with Gasteiger partial charge in [-0.15, -0.1) is 0 Å². The zero-order valence-electron chi connectivity index (χ0n) is 14.4. The normalized spacial score (nSPS) is 23.5. The minimum atomic E-state index is -0.00874. The molecular formula is C18H25N3O3S. The molecule has 136 valence electrons. The maximum atomic E-state index is 12.9. The zero-order chi connectivity index (χ0) is 17.1. The standard InChI is InChI=1S/C18H25N3O3S/c22-18(19-14-4-5-16-17(10-14)24-13-23-16)21-8-3-9-25-12-15(21)11-20-6-1-2-7-20/h4-5,10,15H,1-3,6-9,11-13H2,(H,19,22). The highest BCUT2D eigenvalue weighted by Crippen LogP contribution is 2.34. The highest BCUT2D eigenvalue weighted by molar-refractivity contribution is 7.99. The zero-order valence-corrected chi connectivity index (χ0v) is 15.2. The fourth-order valence-electron chi connectivity index (χ4n) is 3.68. The van der Waals surface area contributed by atoms with E-state index >= 15 is 0 Å². The molecule has 3 heterocycles. The van der Waals surface area contributed by atoms with Crippen molar-refractivity contribution < 1.29 is 14.3 Å². The number of benzene rings is 1. The van der Waals surface area contributed by atoms with Crippen molar-refractivity contribution in [1.29, 1.82) is 0 Å². The lowest BCUT2D eigenvalue weighted by Crippen LogP contribution is -2.49. The van der Waals surface area contributed by atoms with Gasteiger partial charge in [-0.2, -0.15) is 11.8 Å². The van der Waals surface area contributed by atoms with Gasteiger partial charge in [0, 0.05) is 30.6 Å². The van der Waals surface area contributed by atoms with Gasteiger partial charge in [0.05, 0.1) is 6.04 Å². The van der Waals surface area contributed by atoms with Crippen molar-refractivity contribution >= 4 is 23.5 Å². The minimum Gasteiger partial charge on any atom is -0.454 e. The summed E-state index contributed by atoms with van der Waals surface area (Å²) in [5.74, 6) is 3.57. The molecule has 0 saturated carbocycles.